The maximum Gasteiger partial charge on any atom is 0.0973 e. The molecule has 4 aliphatic carbocycles. The van der Waals surface area contributed by atoms with E-state index in [2.05, 4.69) is 419 Å². The first-order valence-electron chi connectivity index (χ1n) is 46.8. The fourth-order valence-electron chi connectivity index (χ4n) is 23.0. The molecule has 0 unspecified atom stereocenters. The van der Waals surface area contributed by atoms with Crippen LogP contribution in [0, 0.1) is 0 Å². The van der Waals surface area contributed by atoms with Crippen molar-refractivity contribution in [3.63, 3.8) is 0 Å². The molecule has 0 bridgehead atoms. The van der Waals surface area contributed by atoms with Crippen LogP contribution in [0.3, 0.4) is 0 Å². The van der Waals surface area contributed by atoms with Gasteiger partial charge in [-0.05, 0) is 284 Å². The molecule has 0 aliphatic heterocycles. The molecule has 0 radical (unpaired) electrons. The van der Waals surface area contributed by atoms with Crippen LogP contribution in [0.25, 0.3) is 231 Å². The minimum absolute atomic E-state index is 0.0840. The monoisotopic (exact) mass is 1710 g/mol. The molecule has 632 valence electrons. The van der Waals surface area contributed by atoms with Crippen molar-refractivity contribution in [3.05, 3.63) is 445 Å². The molecule has 28 rings (SSSR count). The van der Waals surface area contributed by atoms with Crippen molar-refractivity contribution in [1.82, 2.24) is 29.9 Å². The summed E-state index contributed by atoms with van der Waals surface area (Å²) < 4.78 is 0. The van der Waals surface area contributed by atoms with Crippen LogP contribution in [0.2, 0.25) is 0 Å². The SMILES string of the molecule is CC1(C)c2cc(-c3nc4ccccc4nc3-c3ccc4c(ccc5ccccc54)c3)ccc2-c2cc3ccccc3cc21.CC1(C)c2cc(-c3nc4ccccc4nc3-c3ccc4c5ccccc5c5ccccc5c4c3)ccc2-c2cc3ccccc3cc21.CC1(C)c2ccccc2-c2ccc(-c3nc4ccccc4nc3-c3ccc4c(c3)C(C)(C)c3cc5ccccc5cc3-4)cc21. The van der Waals surface area contributed by atoms with Crippen LogP contribution < -0.4 is 0 Å². The summed E-state index contributed by atoms with van der Waals surface area (Å²) in [5.74, 6) is 0. The Hall–Kier alpha value is -16.3. The highest BCUT2D eigenvalue weighted by Gasteiger charge is 2.41. The summed E-state index contributed by atoms with van der Waals surface area (Å²) in [5.41, 5.74) is 38.4. The molecule has 4 aliphatic rings. The Labute approximate surface area is 777 Å². The van der Waals surface area contributed by atoms with Crippen LogP contribution in [-0.2, 0) is 21.7 Å². The predicted octanol–water partition coefficient (Wildman–Crippen LogP) is 33.3. The number of hydrogen-bond acceptors (Lipinski definition) is 6. The van der Waals surface area contributed by atoms with Gasteiger partial charge in [-0.25, -0.2) is 29.9 Å². The molecular formula is C128H90N6. The molecule has 24 aromatic rings. The van der Waals surface area contributed by atoms with Gasteiger partial charge in [-0.2, -0.15) is 0 Å². The maximum absolute atomic E-state index is 5.32. The van der Waals surface area contributed by atoms with Crippen LogP contribution in [0.1, 0.15) is 99.9 Å². The molecule has 21 aromatic carbocycles. The van der Waals surface area contributed by atoms with E-state index in [4.69, 9.17) is 29.9 Å². The average molecular weight is 1710 g/mol. The lowest BCUT2D eigenvalue weighted by molar-refractivity contribution is 0.660. The number of benzene rings is 21. The Bertz CT molecular complexity index is 9190. The van der Waals surface area contributed by atoms with E-state index in [0.29, 0.717) is 0 Å². The second-order valence-electron chi connectivity index (χ2n) is 39.1. The van der Waals surface area contributed by atoms with Crippen LogP contribution in [0.4, 0.5) is 0 Å². The fraction of sp³-hybridized carbons (Fsp3) is 0.0938. The van der Waals surface area contributed by atoms with Gasteiger partial charge in [0.1, 0.15) is 0 Å². The highest BCUT2D eigenvalue weighted by molar-refractivity contribution is 6.26. The van der Waals surface area contributed by atoms with Crippen molar-refractivity contribution in [2.24, 2.45) is 0 Å². The van der Waals surface area contributed by atoms with Gasteiger partial charge in [-0.3, -0.25) is 0 Å². The highest BCUT2D eigenvalue weighted by atomic mass is 14.9. The van der Waals surface area contributed by atoms with Gasteiger partial charge in [0.25, 0.3) is 0 Å². The summed E-state index contributed by atoms with van der Waals surface area (Å²) in [6, 6.07) is 145. The van der Waals surface area contributed by atoms with Crippen molar-refractivity contribution in [3.8, 4) is 112 Å². The van der Waals surface area contributed by atoms with Crippen molar-refractivity contribution in [2.45, 2.75) is 77.0 Å². The lowest BCUT2D eigenvalue weighted by Gasteiger charge is -2.23. The largest absolute Gasteiger partial charge is 0.244 e. The van der Waals surface area contributed by atoms with Gasteiger partial charge < -0.3 is 0 Å². The number of fused-ring (bicyclic) bond motifs is 27. The molecule has 3 aromatic heterocycles. The third-order valence-electron chi connectivity index (χ3n) is 30.1. The Morgan fingerprint density at radius 2 is 0.358 bits per heavy atom. The van der Waals surface area contributed by atoms with E-state index >= 15 is 0 Å². The van der Waals surface area contributed by atoms with Gasteiger partial charge in [0, 0.05) is 55.0 Å². The summed E-state index contributed by atoms with van der Waals surface area (Å²) in [6.07, 6.45) is 0. The molecular weight excluding hydrogens is 1620 g/mol. The maximum atomic E-state index is 5.32. The topological polar surface area (TPSA) is 77.3 Å². The van der Waals surface area contributed by atoms with Crippen LogP contribution in [0.5, 0.6) is 0 Å². The zero-order chi connectivity index (χ0) is 89.8. The third-order valence-corrected chi connectivity index (χ3v) is 30.1. The Morgan fingerprint density at radius 1 is 0.134 bits per heavy atom. The first-order chi connectivity index (χ1) is 65.4. The Kier molecular flexibility index (Phi) is 17.4. The first-order valence-corrected chi connectivity index (χ1v) is 46.8. The molecule has 6 heteroatoms. The van der Waals surface area contributed by atoms with E-state index in [0.717, 1.165) is 101 Å². The third kappa shape index (κ3) is 12.2. The van der Waals surface area contributed by atoms with Crippen LogP contribution in [0.15, 0.2) is 400 Å². The Morgan fingerprint density at radius 3 is 0.724 bits per heavy atom. The first kappa shape index (κ1) is 78.7. The summed E-state index contributed by atoms with van der Waals surface area (Å²) in [7, 11) is 0. The molecule has 0 N–H and O–H groups in total. The van der Waals surface area contributed by atoms with E-state index in [1.807, 2.05) is 36.4 Å². The lowest BCUT2D eigenvalue weighted by atomic mass is 9.81. The van der Waals surface area contributed by atoms with Gasteiger partial charge in [0.15, 0.2) is 0 Å². The fourth-order valence-corrected chi connectivity index (χ4v) is 23.0. The number of para-hydroxylation sites is 6. The Balaban J connectivity index is 0.000000105. The number of nitrogens with zero attached hydrogens (tertiary/aromatic N) is 6. The van der Waals surface area contributed by atoms with Gasteiger partial charge in [-0.15, -0.1) is 0 Å². The van der Waals surface area contributed by atoms with E-state index < -0.39 is 0 Å². The smallest absolute Gasteiger partial charge is 0.0973 e. The van der Waals surface area contributed by atoms with Gasteiger partial charge in [0.2, 0.25) is 0 Å². The van der Waals surface area contributed by atoms with Crippen LogP contribution in [-0.4, -0.2) is 29.9 Å². The molecule has 0 saturated carbocycles. The van der Waals surface area contributed by atoms with Crippen molar-refractivity contribution in [2.75, 3.05) is 0 Å². The zero-order valence-corrected chi connectivity index (χ0v) is 75.8. The minimum Gasteiger partial charge on any atom is -0.244 e. The van der Waals surface area contributed by atoms with Crippen molar-refractivity contribution in [1.29, 1.82) is 0 Å². The molecule has 3 heterocycles. The molecule has 6 nitrogen and oxygen atoms in total. The lowest BCUT2D eigenvalue weighted by Crippen LogP contribution is -2.15. The van der Waals surface area contributed by atoms with Gasteiger partial charge >= 0.3 is 0 Å². The normalized spacial score (nSPS) is 14.1. The van der Waals surface area contributed by atoms with Crippen molar-refractivity contribution >= 4 is 119 Å². The number of aromatic nitrogens is 6. The highest BCUT2D eigenvalue weighted by Crippen LogP contribution is 2.57. The average Bonchev–Trinajstić information content (AvgIpc) is 1.61. The zero-order valence-electron chi connectivity index (χ0n) is 75.8. The van der Waals surface area contributed by atoms with Gasteiger partial charge in [0.05, 0.1) is 67.3 Å². The summed E-state index contributed by atoms with van der Waals surface area (Å²) in [4.78, 5) is 31.7. The summed E-state index contributed by atoms with van der Waals surface area (Å²) >= 11 is 0. The summed E-state index contributed by atoms with van der Waals surface area (Å²) in [5, 5.41) is 20.2. The number of hydrogen-bond donors (Lipinski definition) is 0. The standard InChI is InChI=1S/C45H30N2.C42H32N2.C41H28N2/c1-45(2)39-26-30(20-22-36(39)38-23-27-11-3-4-12-28(27)25-40(38)45)44-43(46-41-17-9-10-18-42(41)47-44)29-19-21-35-33-15-6-5-13-31(33)32-14-7-8-16-34(32)37(35)24-29;1-41(2)33-14-8-7-13-29(33)30-19-17-27(23-34(30)41)39-40(44-38-16-10-9-15-37(38)43-39)28-18-20-31-32-21-25-11-5-6-12-26(25)22-36(32)42(3,4)35(31)24-28;1-41(2)35-24-30(18-20-33(35)34-22-26-10-3-4-11-27(26)23-36(34)41)40-39(42-37-13-7-8-14-38(37)43-40)29-17-19-32-28(21-29)16-15-25-9-5-6-12-31(25)32/h3-26H,1-2H3;5-24H,1-4H3;3-24H,1-2H3. The molecule has 0 amide bonds. The van der Waals surface area contributed by atoms with E-state index in [1.165, 1.54) is 175 Å². The molecule has 0 atom stereocenters. The van der Waals surface area contributed by atoms with E-state index in [9.17, 15) is 0 Å². The van der Waals surface area contributed by atoms with E-state index in [1.54, 1.807) is 0 Å². The second kappa shape index (κ2) is 29.6. The number of rotatable bonds is 6. The van der Waals surface area contributed by atoms with Crippen molar-refractivity contribution < 1.29 is 0 Å². The molecule has 0 spiro atoms. The summed E-state index contributed by atoms with van der Waals surface area (Å²) in [6.45, 7) is 18.8. The molecule has 0 saturated heterocycles. The van der Waals surface area contributed by atoms with E-state index in [-0.39, 0.29) is 21.7 Å². The minimum atomic E-state index is -0.141. The molecule has 0 fully saturated rings. The molecule has 134 heavy (non-hydrogen) atoms. The van der Waals surface area contributed by atoms with Crippen LogP contribution >= 0.6 is 0 Å². The predicted molar refractivity (Wildman–Crippen MR) is 562 cm³/mol. The van der Waals surface area contributed by atoms with Gasteiger partial charge in [-0.1, -0.05) is 347 Å². The second-order valence-corrected chi connectivity index (χ2v) is 39.1. The quantitative estimate of drug-likeness (QED) is 0.154.